The molecule has 1 atom stereocenters. The van der Waals surface area contributed by atoms with E-state index in [2.05, 4.69) is 37.1 Å². The van der Waals surface area contributed by atoms with E-state index < -0.39 is 0 Å². The minimum absolute atomic E-state index is 0.380. The van der Waals surface area contributed by atoms with Crippen molar-refractivity contribution in [1.29, 1.82) is 0 Å². The molecule has 0 amide bonds. The Morgan fingerprint density at radius 3 is 3.00 bits per heavy atom. The van der Waals surface area contributed by atoms with Gasteiger partial charge >= 0.3 is 0 Å². The molecule has 1 aromatic heterocycles. The van der Waals surface area contributed by atoms with Gasteiger partial charge in [-0.05, 0) is 37.9 Å². The summed E-state index contributed by atoms with van der Waals surface area (Å²) in [5, 5.41) is 3.40. The molecule has 0 aromatic carbocycles. The van der Waals surface area contributed by atoms with Gasteiger partial charge in [0.2, 0.25) is 0 Å². The minimum Gasteiger partial charge on any atom is -0.463 e. The molecule has 1 aliphatic heterocycles. The van der Waals surface area contributed by atoms with E-state index in [0.717, 1.165) is 63.7 Å². The third-order valence-corrected chi connectivity index (χ3v) is 3.84. The molecule has 114 valence electrons. The van der Waals surface area contributed by atoms with Crippen molar-refractivity contribution in [2.75, 3.05) is 26.2 Å². The summed E-state index contributed by atoms with van der Waals surface area (Å²) in [4.78, 5) is 2.43. The highest BCUT2D eigenvalue weighted by molar-refractivity contribution is 5.20. The first-order valence-corrected chi connectivity index (χ1v) is 7.85. The molecule has 0 bridgehead atoms. The van der Waals surface area contributed by atoms with Crippen LogP contribution in [0, 0.1) is 6.92 Å². The van der Waals surface area contributed by atoms with E-state index in [1.807, 2.05) is 0 Å². The lowest BCUT2D eigenvalue weighted by Crippen LogP contribution is -2.41. The van der Waals surface area contributed by atoms with Crippen molar-refractivity contribution in [3.63, 3.8) is 0 Å². The Labute approximate surface area is 122 Å². The highest BCUT2D eigenvalue weighted by atomic mass is 16.5. The lowest BCUT2D eigenvalue weighted by Gasteiger charge is -2.31. The maximum atomic E-state index is 5.99. The zero-order valence-electron chi connectivity index (χ0n) is 13.1. The van der Waals surface area contributed by atoms with E-state index in [9.17, 15) is 0 Å². The molecule has 2 heterocycles. The predicted molar refractivity (Wildman–Crippen MR) is 80.8 cm³/mol. The average Bonchev–Trinajstić information content (AvgIpc) is 2.79. The fourth-order valence-corrected chi connectivity index (χ4v) is 2.61. The van der Waals surface area contributed by atoms with Crippen molar-refractivity contribution in [2.24, 2.45) is 0 Å². The Hall–Kier alpha value is -0.840. The smallest absolute Gasteiger partial charge is 0.120 e. The predicted octanol–water partition coefficient (Wildman–Crippen LogP) is 2.70. The lowest BCUT2D eigenvalue weighted by molar-refractivity contribution is -0.0342. The summed E-state index contributed by atoms with van der Waals surface area (Å²) in [6, 6.07) is 2.18. The Kier molecular flexibility index (Phi) is 6.07. The van der Waals surface area contributed by atoms with Crippen LogP contribution in [0.2, 0.25) is 0 Å². The fraction of sp³-hybridized carbons (Fsp3) is 0.750. The number of nitrogens with one attached hydrogen (secondary N) is 1. The molecule has 20 heavy (non-hydrogen) atoms. The van der Waals surface area contributed by atoms with Crippen molar-refractivity contribution in [3.8, 4) is 0 Å². The highest BCUT2D eigenvalue weighted by Crippen LogP contribution is 2.18. The third-order valence-electron chi connectivity index (χ3n) is 3.84. The molecule has 0 saturated carbocycles. The fourth-order valence-electron chi connectivity index (χ4n) is 2.61. The van der Waals surface area contributed by atoms with Crippen LogP contribution in [-0.2, 0) is 17.8 Å². The summed E-state index contributed by atoms with van der Waals surface area (Å²) in [7, 11) is 0. The SMILES string of the molecule is CCCNCc1oc(CN2CCOC(CC)C2)cc1C. The highest BCUT2D eigenvalue weighted by Gasteiger charge is 2.20. The van der Waals surface area contributed by atoms with Crippen molar-refractivity contribution in [3.05, 3.63) is 23.2 Å². The van der Waals surface area contributed by atoms with Gasteiger partial charge in [0.15, 0.2) is 0 Å². The van der Waals surface area contributed by atoms with Crippen molar-refractivity contribution in [2.45, 2.75) is 52.8 Å². The van der Waals surface area contributed by atoms with Crippen LogP contribution in [0.4, 0.5) is 0 Å². The van der Waals surface area contributed by atoms with Gasteiger partial charge in [0.05, 0.1) is 25.8 Å². The Morgan fingerprint density at radius 2 is 2.25 bits per heavy atom. The van der Waals surface area contributed by atoms with Crippen LogP contribution >= 0.6 is 0 Å². The normalized spacial score (nSPS) is 20.4. The van der Waals surface area contributed by atoms with Crippen molar-refractivity contribution >= 4 is 0 Å². The first-order valence-electron chi connectivity index (χ1n) is 7.85. The van der Waals surface area contributed by atoms with Crippen molar-refractivity contribution < 1.29 is 9.15 Å². The standard InChI is InChI=1S/C16H28N2O2/c1-4-6-17-10-16-13(3)9-15(20-16)12-18-7-8-19-14(5-2)11-18/h9,14,17H,4-8,10-12H2,1-3H3. The van der Waals surface area contributed by atoms with Gasteiger partial charge in [0.1, 0.15) is 11.5 Å². The molecule has 1 aromatic rings. The molecule has 1 aliphatic rings. The largest absolute Gasteiger partial charge is 0.463 e. The van der Waals surface area contributed by atoms with E-state index in [1.165, 1.54) is 5.56 Å². The van der Waals surface area contributed by atoms with Gasteiger partial charge in [-0.1, -0.05) is 13.8 Å². The average molecular weight is 280 g/mol. The van der Waals surface area contributed by atoms with E-state index in [1.54, 1.807) is 0 Å². The van der Waals surface area contributed by atoms with E-state index >= 15 is 0 Å². The summed E-state index contributed by atoms with van der Waals surface area (Å²) >= 11 is 0. The van der Waals surface area contributed by atoms with Crippen LogP contribution in [0.1, 0.15) is 43.8 Å². The van der Waals surface area contributed by atoms with E-state index in [0.29, 0.717) is 6.10 Å². The molecule has 1 fully saturated rings. The third kappa shape index (κ3) is 4.33. The second kappa shape index (κ2) is 7.81. The molecule has 4 heteroatoms. The van der Waals surface area contributed by atoms with Gasteiger partial charge < -0.3 is 14.5 Å². The van der Waals surface area contributed by atoms with Crippen LogP contribution in [-0.4, -0.2) is 37.2 Å². The van der Waals surface area contributed by atoms with Gasteiger partial charge in [-0.15, -0.1) is 0 Å². The van der Waals surface area contributed by atoms with Crippen LogP contribution in [0.5, 0.6) is 0 Å². The van der Waals surface area contributed by atoms with Gasteiger partial charge in [0.25, 0.3) is 0 Å². The monoisotopic (exact) mass is 280 g/mol. The number of ether oxygens (including phenoxy) is 1. The summed E-state index contributed by atoms with van der Waals surface area (Å²) in [6.07, 6.45) is 2.61. The summed E-state index contributed by atoms with van der Waals surface area (Å²) in [5.41, 5.74) is 1.25. The zero-order chi connectivity index (χ0) is 14.4. The summed E-state index contributed by atoms with van der Waals surface area (Å²) in [6.45, 7) is 12.1. The number of hydrogen-bond donors (Lipinski definition) is 1. The number of nitrogens with zero attached hydrogens (tertiary/aromatic N) is 1. The van der Waals surface area contributed by atoms with Gasteiger partial charge in [-0.25, -0.2) is 0 Å². The first kappa shape index (κ1) is 15.5. The van der Waals surface area contributed by atoms with Gasteiger partial charge in [-0.2, -0.15) is 0 Å². The Balaban J connectivity index is 1.87. The number of furan rings is 1. The Bertz CT molecular complexity index is 403. The first-order chi connectivity index (χ1) is 9.72. The summed E-state index contributed by atoms with van der Waals surface area (Å²) in [5.74, 6) is 2.15. The molecule has 1 saturated heterocycles. The number of aryl methyl sites for hydroxylation is 1. The van der Waals surface area contributed by atoms with Crippen LogP contribution in [0.3, 0.4) is 0 Å². The number of hydrogen-bond acceptors (Lipinski definition) is 4. The summed E-state index contributed by atoms with van der Waals surface area (Å²) < 4.78 is 11.7. The molecule has 1 unspecified atom stereocenters. The van der Waals surface area contributed by atoms with Crippen LogP contribution in [0.15, 0.2) is 10.5 Å². The number of morpholine rings is 1. The van der Waals surface area contributed by atoms with E-state index in [-0.39, 0.29) is 0 Å². The molecule has 4 nitrogen and oxygen atoms in total. The van der Waals surface area contributed by atoms with Gasteiger partial charge in [0, 0.05) is 13.1 Å². The maximum Gasteiger partial charge on any atom is 0.120 e. The van der Waals surface area contributed by atoms with Crippen LogP contribution in [0.25, 0.3) is 0 Å². The minimum atomic E-state index is 0.380. The topological polar surface area (TPSA) is 37.6 Å². The quantitative estimate of drug-likeness (QED) is 0.779. The second-order valence-electron chi connectivity index (χ2n) is 5.63. The molecule has 1 N–H and O–H groups in total. The molecule has 0 radical (unpaired) electrons. The second-order valence-corrected chi connectivity index (χ2v) is 5.63. The maximum absolute atomic E-state index is 5.99. The van der Waals surface area contributed by atoms with Crippen LogP contribution < -0.4 is 5.32 Å². The van der Waals surface area contributed by atoms with Gasteiger partial charge in [-0.3, -0.25) is 4.90 Å². The Morgan fingerprint density at radius 1 is 1.40 bits per heavy atom. The van der Waals surface area contributed by atoms with E-state index in [4.69, 9.17) is 9.15 Å². The zero-order valence-corrected chi connectivity index (χ0v) is 13.1. The number of rotatable bonds is 7. The molecular formula is C16H28N2O2. The molecule has 0 aliphatic carbocycles. The lowest BCUT2D eigenvalue weighted by atomic mass is 10.2. The molecular weight excluding hydrogens is 252 g/mol. The molecule has 0 spiro atoms. The van der Waals surface area contributed by atoms with Crippen molar-refractivity contribution in [1.82, 2.24) is 10.2 Å². The molecule has 2 rings (SSSR count).